The minimum Gasteiger partial charge on any atom is -0.427 e. The average molecular weight is 206 g/mol. The Hall–Kier alpha value is -1.35. The van der Waals surface area contributed by atoms with Crippen molar-refractivity contribution in [2.45, 2.75) is 25.9 Å². The van der Waals surface area contributed by atoms with Crippen molar-refractivity contribution in [3.05, 3.63) is 29.8 Å². The SMILES string of the molecule is O=C(CC1CC1)Oc1cccc(CO)c1. The zero-order valence-electron chi connectivity index (χ0n) is 8.48. The molecular formula is C12H14O3. The van der Waals surface area contributed by atoms with Crippen molar-refractivity contribution in [3.63, 3.8) is 0 Å². The quantitative estimate of drug-likeness (QED) is 0.604. The van der Waals surface area contributed by atoms with Crippen LogP contribution in [0, 0.1) is 5.92 Å². The highest BCUT2D eigenvalue weighted by Gasteiger charge is 2.25. The Morgan fingerprint density at radius 1 is 1.47 bits per heavy atom. The van der Waals surface area contributed by atoms with Crippen LogP contribution >= 0.6 is 0 Å². The lowest BCUT2D eigenvalue weighted by molar-refractivity contribution is -0.134. The minimum atomic E-state index is -0.174. The summed E-state index contributed by atoms with van der Waals surface area (Å²) in [5.74, 6) is 0.887. The Balaban J connectivity index is 1.93. The number of carbonyl (C=O) groups is 1. The van der Waals surface area contributed by atoms with Crippen molar-refractivity contribution in [3.8, 4) is 5.75 Å². The predicted octanol–water partition coefficient (Wildman–Crippen LogP) is 1.88. The summed E-state index contributed by atoms with van der Waals surface area (Å²) < 4.78 is 5.16. The molecule has 0 aromatic heterocycles. The Kier molecular flexibility index (Phi) is 3.02. The number of aliphatic hydroxyl groups excluding tert-OH is 1. The largest absolute Gasteiger partial charge is 0.427 e. The second kappa shape index (κ2) is 4.45. The highest BCUT2D eigenvalue weighted by Crippen LogP contribution is 2.32. The third-order valence-electron chi connectivity index (χ3n) is 2.46. The Morgan fingerprint density at radius 3 is 2.93 bits per heavy atom. The number of carbonyl (C=O) groups excluding carboxylic acids is 1. The fourth-order valence-corrected chi connectivity index (χ4v) is 1.44. The lowest BCUT2D eigenvalue weighted by atomic mass is 10.2. The maximum atomic E-state index is 11.4. The van der Waals surface area contributed by atoms with Gasteiger partial charge in [-0.15, -0.1) is 0 Å². The van der Waals surface area contributed by atoms with E-state index in [4.69, 9.17) is 9.84 Å². The number of benzene rings is 1. The number of esters is 1. The van der Waals surface area contributed by atoms with Crippen molar-refractivity contribution in [1.82, 2.24) is 0 Å². The van der Waals surface area contributed by atoms with Crippen molar-refractivity contribution >= 4 is 5.97 Å². The Labute approximate surface area is 88.7 Å². The van der Waals surface area contributed by atoms with Crippen LogP contribution < -0.4 is 4.74 Å². The van der Waals surface area contributed by atoms with Gasteiger partial charge in [-0.1, -0.05) is 12.1 Å². The number of aliphatic hydroxyl groups is 1. The first-order valence-electron chi connectivity index (χ1n) is 5.18. The molecule has 1 aromatic rings. The maximum absolute atomic E-state index is 11.4. The smallest absolute Gasteiger partial charge is 0.311 e. The van der Waals surface area contributed by atoms with Gasteiger partial charge in [0.15, 0.2) is 0 Å². The van der Waals surface area contributed by atoms with Crippen LogP contribution in [0.2, 0.25) is 0 Å². The molecule has 0 aliphatic heterocycles. The van der Waals surface area contributed by atoms with E-state index < -0.39 is 0 Å². The van der Waals surface area contributed by atoms with E-state index in [1.807, 2.05) is 0 Å². The van der Waals surface area contributed by atoms with E-state index in [0.29, 0.717) is 18.1 Å². The highest BCUT2D eigenvalue weighted by molar-refractivity contribution is 5.73. The maximum Gasteiger partial charge on any atom is 0.311 e. The van der Waals surface area contributed by atoms with Gasteiger partial charge in [0.2, 0.25) is 0 Å². The van der Waals surface area contributed by atoms with E-state index in [2.05, 4.69) is 0 Å². The molecule has 0 atom stereocenters. The highest BCUT2D eigenvalue weighted by atomic mass is 16.5. The zero-order chi connectivity index (χ0) is 10.7. The summed E-state index contributed by atoms with van der Waals surface area (Å²) in [6.07, 6.45) is 2.81. The first-order valence-corrected chi connectivity index (χ1v) is 5.18. The van der Waals surface area contributed by atoms with Crippen LogP contribution in [-0.4, -0.2) is 11.1 Å². The number of rotatable bonds is 4. The molecule has 80 valence electrons. The summed E-state index contributed by atoms with van der Waals surface area (Å²) in [5, 5.41) is 8.91. The van der Waals surface area contributed by atoms with E-state index in [-0.39, 0.29) is 12.6 Å². The summed E-state index contributed by atoms with van der Waals surface area (Å²) in [7, 11) is 0. The van der Waals surface area contributed by atoms with Crippen LogP contribution in [0.3, 0.4) is 0 Å². The van der Waals surface area contributed by atoms with Gasteiger partial charge in [0, 0.05) is 6.42 Å². The topological polar surface area (TPSA) is 46.5 Å². The van der Waals surface area contributed by atoms with Gasteiger partial charge in [0.05, 0.1) is 6.61 Å². The fourth-order valence-electron chi connectivity index (χ4n) is 1.44. The molecule has 0 heterocycles. The molecule has 1 N–H and O–H groups in total. The van der Waals surface area contributed by atoms with Crippen molar-refractivity contribution in [2.75, 3.05) is 0 Å². The fraction of sp³-hybridized carbons (Fsp3) is 0.417. The van der Waals surface area contributed by atoms with Crippen LogP contribution in [0.15, 0.2) is 24.3 Å². The van der Waals surface area contributed by atoms with Gasteiger partial charge in [-0.25, -0.2) is 0 Å². The Morgan fingerprint density at radius 2 is 2.27 bits per heavy atom. The van der Waals surface area contributed by atoms with Gasteiger partial charge in [-0.3, -0.25) is 4.79 Å². The molecule has 3 heteroatoms. The van der Waals surface area contributed by atoms with Gasteiger partial charge in [-0.2, -0.15) is 0 Å². The number of hydrogen-bond acceptors (Lipinski definition) is 3. The van der Waals surface area contributed by atoms with E-state index in [1.165, 1.54) is 0 Å². The third kappa shape index (κ3) is 3.06. The molecular weight excluding hydrogens is 192 g/mol. The van der Waals surface area contributed by atoms with Gasteiger partial charge >= 0.3 is 5.97 Å². The summed E-state index contributed by atoms with van der Waals surface area (Å²) >= 11 is 0. The van der Waals surface area contributed by atoms with Crippen molar-refractivity contribution < 1.29 is 14.6 Å². The summed E-state index contributed by atoms with van der Waals surface area (Å²) in [6, 6.07) is 6.97. The first kappa shape index (κ1) is 10.2. The van der Waals surface area contributed by atoms with Crippen molar-refractivity contribution in [2.24, 2.45) is 5.92 Å². The van der Waals surface area contributed by atoms with Crippen LogP contribution in [0.4, 0.5) is 0 Å². The van der Waals surface area contributed by atoms with Crippen LogP contribution in [-0.2, 0) is 11.4 Å². The van der Waals surface area contributed by atoms with E-state index in [9.17, 15) is 4.79 Å². The molecule has 3 nitrogen and oxygen atoms in total. The molecule has 0 saturated heterocycles. The van der Waals surface area contributed by atoms with Gasteiger partial charge in [-0.05, 0) is 36.5 Å². The minimum absolute atomic E-state index is 0.0337. The molecule has 1 saturated carbocycles. The van der Waals surface area contributed by atoms with Crippen LogP contribution in [0.5, 0.6) is 5.75 Å². The molecule has 0 radical (unpaired) electrons. The molecule has 2 rings (SSSR count). The standard InChI is InChI=1S/C12H14O3/c13-8-10-2-1-3-11(6-10)15-12(14)7-9-4-5-9/h1-3,6,9,13H,4-5,7-8H2. The molecule has 0 amide bonds. The predicted molar refractivity (Wildman–Crippen MR) is 55.3 cm³/mol. The lowest BCUT2D eigenvalue weighted by Gasteiger charge is -2.04. The van der Waals surface area contributed by atoms with E-state index >= 15 is 0 Å². The summed E-state index contributed by atoms with van der Waals surface area (Å²) in [6.45, 7) is -0.0337. The molecule has 1 aliphatic rings. The number of ether oxygens (including phenoxy) is 1. The second-order valence-electron chi connectivity index (χ2n) is 3.93. The zero-order valence-corrected chi connectivity index (χ0v) is 8.48. The average Bonchev–Trinajstić information content (AvgIpc) is 3.02. The molecule has 15 heavy (non-hydrogen) atoms. The lowest BCUT2D eigenvalue weighted by Crippen LogP contribution is -2.08. The molecule has 1 aliphatic carbocycles. The molecule has 1 fully saturated rings. The normalized spacial score (nSPS) is 15.0. The summed E-state index contributed by atoms with van der Waals surface area (Å²) in [5.41, 5.74) is 0.756. The molecule has 0 spiro atoms. The van der Waals surface area contributed by atoms with Crippen LogP contribution in [0.1, 0.15) is 24.8 Å². The molecule has 0 bridgehead atoms. The van der Waals surface area contributed by atoms with E-state index in [1.54, 1.807) is 24.3 Å². The molecule has 0 unspecified atom stereocenters. The van der Waals surface area contributed by atoms with Gasteiger partial charge in [0.25, 0.3) is 0 Å². The van der Waals surface area contributed by atoms with Gasteiger partial charge < -0.3 is 9.84 Å². The van der Waals surface area contributed by atoms with E-state index in [0.717, 1.165) is 18.4 Å². The Bertz CT molecular complexity index is 356. The number of hydrogen-bond donors (Lipinski definition) is 1. The van der Waals surface area contributed by atoms with Gasteiger partial charge in [0.1, 0.15) is 5.75 Å². The third-order valence-corrected chi connectivity index (χ3v) is 2.46. The van der Waals surface area contributed by atoms with Crippen LogP contribution in [0.25, 0.3) is 0 Å². The van der Waals surface area contributed by atoms with Crippen molar-refractivity contribution in [1.29, 1.82) is 0 Å². The molecule has 1 aromatic carbocycles. The monoisotopic (exact) mass is 206 g/mol. The first-order chi connectivity index (χ1) is 7.28. The second-order valence-corrected chi connectivity index (χ2v) is 3.93. The summed E-state index contributed by atoms with van der Waals surface area (Å²) in [4.78, 5) is 11.4.